The summed E-state index contributed by atoms with van der Waals surface area (Å²) in [6, 6.07) is 1.10. The Morgan fingerprint density at radius 2 is 2.00 bits per heavy atom. The van der Waals surface area contributed by atoms with E-state index in [1.807, 2.05) is 0 Å². The van der Waals surface area contributed by atoms with E-state index >= 15 is 4.39 Å². The van der Waals surface area contributed by atoms with Crippen molar-refractivity contribution in [2.75, 3.05) is 18.9 Å². The molecule has 1 unspecified atom stereocenters. The first-order valence-corrected chi connectivity index (χ1v) is 9.12. The van der Waals surface area contributed by atoms with E-state index in [9.17, 15) is 35.4 Å². The molecule has 0 amide bonds. The number of aliphatic hydroxyl groups is 6. The Morgan fingerprint density at radius 3 is 2.54 bits per heavy atom. The van der Waals surface area contributed by atoms with E-state index in [2.05, 4.69) is 4.98 Å². The molecule has 0 bridgehead atoms. The van der Waals surface area contributed by atoms with Gasteiger partial charge >= 0.3 is 5.69 Å². The number of hydrogen-bond acceptors (Lipinski definition) is 11. The molecule has 2 saturated heterocycles. The molecule has 3 heterocycles. The van der Waals surface area contributed by atoms with E-state index < -0.39 is 64.6 Å². The van der Waals surface area contributed by atoms with Crippen LogP contribution in [0.15, 0.2) is 17.1 Å². The molecule has 8 atom stereocenters. The van der Waals surface area contributed by atoms with Crippen molar-refractivity contribution in [3.8, 4) is 0 Å². The lowest BCUT2D eigenvalue weighted by atomic mass is 9.87. The van der Waals surface area contributed by atoms with Crippen molar-refractivity contribution in [1.82, 2.24) is 9.55 Å². The van der Waals surface area contributed by atoms with E-state index in [0.717, 1.165) is 34.9 Å². The third-order valence-corrected chi connectivity index (χ3v) is 6.45. The normalized spacial score (nSPS) is 46.6. The van der Waals surface area contributed by atoms with Crippen LogP contribution in [0, 0.1) is 0 Å². The van der Waals surface area contributed by atoms with Gasteiger partial charge in [0, 0.05) is 6.20 Å². The second-order valence-electron chi connectivity index (χ2n) is 6.59. The van der Waals surface area contributed by atoms with Crippen molar-refractivity contribution < 1.29 is 44.5 Å². The number of nitrogen functional groups attached to an aromatic ring is 1. The molecular weight excluding hydrogens is 500 g/mol. The third-order valence-electron chi connectivity index (χ3n) is 4.92. The summed E-state index contributed by atoms with van der Waals surface area (Å²) in [5.41, 5.74) is 1.56. The molecule has 2 aliphatic rings. The maximum absolute atomic E-state index is 15.1. The average Bonchev–Trinajstić information content (AvgIpc) is 2.77. The van der Waals surface area contributed by atoms with Crippen LogP contribution in [0.25, 0.3) is 0 Å². The van der Waals surface area contributed by atoms with Gasteiger partial charge in [-0.2, -0.15) is 4.98 Å². The molecule has 8 N–H and O–H groups in total. The highest BCUT2D eigenvalue weighted by atomic mass is 127. The van der Waals surface area contributed by atoms with Crippen LogP contribution in [0.1, 0.15) is 0 Å². The van der Waals surface area contributed by atoms with Gasteiger partial charge in [-0.15, -0.1) is 0 Å². The van der Waals surface area contributed by atoms with Gasteiger partial charge in [0.05, 0.1) is 13.2 Å². The largest absolute Gasteiger partial charge is 0.393 e. The highest BCUT2D eigenvalue weighted by Crippen LogP contribution is 2.57. The fourth-order valence-electron chi connectivity index (χ4n) is 3.42. The average molecular weight is 519 g/mol. The predicted molar refractivity (Wildman–Crippen MR) is 95.6 cm³/mol. The lowest BCUT2D eigenvalue weighted by Gasteiger charge is -2.48. The quantitative estimate of drug-likeness (QED) is 0.152. The number of aromatic nitrogens is 2. The molecule has 158 valence electrons. The van der Waals surface area contributed by atoms with E-state index in [1.165, 1.54) is 0 Å². The number of rotatable bonds is 3. The molecule has 0 radical (unpaired) electrons. The molecule has 28 heavy (non-hydrogen) atoms. The summed E-state index contributed by atoms with van der Waals surface area (Å²) >= 11 is 1.06. The van der Waals surface area contributed by atoms with Gasteiger partial charge in [0.2, 0.25) is 9.33 Å². The fraction of sp³-hybridized carbons (Fsp3) is 0.714. The smallest absolute Gasteiger partial charge is 0.352 e. The summed E-state index contributed by atoms with van der Waals surface area (Å²) in [6.07, 6.45) is -8.33. The van der Waals surface area contributed by atoms with Crippen LogP contribution in [0.2, 0.25) is 0 Å². The van der Waals surface area contributed by atoms with E-state index in [-0.39, 0.29) is 5.82 Å². The van der Waals surface area contributed by atoms with Crippen LogP contribution in [0.3, 0.4) is 0 Å². The van der Waals surface area contributed by atoms with Crippen LogP contribution in [0.4, 0.5) is 10.2 Å². The number of nitrogens with two attached hydrogens (primary N) is 1. The van der Waals surface area contributed by atoms with Crippen molar-refractivity contribution in [2.45, 2.75) is 45.7 Å². The van der Waals surface area contributed by atoms with Crippen molar-refractivity contribution >= 4 is 28.4 Å². The second kappa shape index (κ2) is 7.06. The zero-order valence-corrected chi connectivity index (χ0v) is 16.2. The number of hydrogen-bond donors (Lipinski definition) is 7. The standard InChI is InChI=1S/C14H19FIN3O9/c15-12(25)6(3-20)28-13(14(12,16)26,19-2-1-7(17)18-11(19)24)10-9(23)8(22)5(21)4-27-10/h1-2,5-6,8-10,20-23,25-26H,3-4H2,(H2,17,18,24)/t5-,6-,8-,9+,10?,12-,13-,14-/m1/s1. The molecule has 0 saturated carbocycles. The maximum Gasteiger partial charge on any atom is 0.352 e. The Kier molecular flexibility index (Phi) is 5.48. The van der Waals surface area contributed by atoms with Crippen molar-refractivity contribution in [3.05, 3.63) is 22.7 Å². The van der Waals surface area contributed by atoms with Gasteiger partial charge in [-0.05, 0) is 28.7 Å². The fourth-order valence-corrected chi connectivity index (χ4v) is 4.47. The number of nitrogens with zero attached hydrogens (tertiary/aromatic N) is 2. The lowest BCUT2D eigenvalue weighted by Crippen LogP contribution is -2.71. The number of halogens is 2. The van der Waals surface area contributed by atoms with Crippen LogP contribution in [-0.4, -0.2) is 93.4 Å². The SMILES string of the molecule is Nc1ccn([C@]2(C3OC[C@@H](O)[C@@H](O)[C@@H]3O)O[C@H](CO)[C@](O)(F)[C@]2(O)I)c(=O)n1. The molecular formula is C14H19FIN3O9. The Bertz CT molecular complexity index is 809. The monoisotopic (exact) mass is 519 g/mol. The van der Waals surface area contributed by atoms with Gasteiger partial charge in [0.15, 0.2) is 0 Å². The van der Waals surface area contributed by atoms with Crippen molar-refractivity contribution in [1.29, 1.82) is 0 Å². The van der Waals surface area contributed by atoms with E-state index in [4.69, 9.17) is 15.2 Å². The van der Waals surface area contributed by atoms with E-state index in [1.54, 1.807) is 0 Å². The Hall–Kier alpha value is -0.980. The third kappa shape index (κ3) is 2.78. The molecule has 1 aromatic heterocycles. The maximum atomic E-state index is 15.1. The van der Waals surface area contributed by atoms with Gasteiger partial charge < -0.3 is 45.8 Å². The number of anilines is 1. The Labute approximate surface area is 170 Å². The van der Waals surface area contributed by atoms with Gasteiger partial charge in [-0.1, -0.05) is 0 Å². The zero-order chi connectivity index (χ0) is 21.1. The van der Waals surface area contributed by atoms with Gasteiger partial charge in [-0.3, -0.25) is 4.57 Å². The highest BCUT2D eigenvalue weighted by molar-refractivity contribution is 14.1. The minimum atomic E-state index is -3.63. The molecule has 14 heteroatoms. The molecule has 0 aliphatic carbocycles. The topological polar surface area (TPSA) is 201 Å². The first-order valence-electron chi connectivity index (χ1n) is 8.04. The van der Waals surface area contributed by atoms with Gasteiger partial charge in [0.25, 0.3) is 5.85 Å². The van der Waals surface area contributed by atoms with E-state index in [0.29, 0.717) is 4.57 Å². The first-order chi connectivity index (χ1) is 12.9. The number of ether oxygens (including phenoxy) is 2. The molecule has 2 fully saturated rings. The summed E-state index contributed by atoms with van der Waals surface area (Å²) in [7, 11) is 0. The summed E-state index contributed by atoms with van der Waals surface area (Å²) in [4.78, 5) is 15.9. The van der Waals surface area contributed by atoms with Crippen LogP contribution >= 0.6 is 22.6 Å². The molecule has 12 nitrogen and oxygen atoms in total. The van der Waals surface area contributed by atoms with Crippen molar-refractivity contribution in [3.63, 3.8) is 0 Å². The highest BCUT2D eigenvalue weighted by Gasteiger charge is 2.79. The number of aliphatic hydroxyl groups excluding tert-OH is 4. The zero-order valence-electron chi connectivity index (χ0n) is 14.1. The molecule has 3 rings (SSSR count). The summed E-state index contributed by atoms with van der Waals surface area (Å²) < 4.78 is 23.3. The number of alkyl halides is 2. The Balaban J connectivity index is 2.28. The Morgan fingerprint density at radius 1 is 1.36 bits per heavy atom. The van der Waals surface area contributed by atoms with Crippen LogP contribution in [-0.2, 0) is 15.2 Å². The summed E-state index contributed by atoms with van der Waals surface area (Å²) in [5.74, 6) is -3.85. The molecule has 0 aromatic carbocycles. The minimum absolute atomic E-state index is 0.221. The van der Waals surface area contributed by atoms with Gasteiger partial charge in [0.1, 0.15) is 36.3 Å². The molecule has 0 spiro atoms. The van der Waals surface area contributed by atoms with Crippen LogP contribution in [0.5, 0.6) is 0 Å². The summed E-state index contributed by atoms with van der Waals surface area (Å²) in [6.45, 7) is -1.70. The van der Waals surface area contributed by atoms with Gasteiger partial charge in [-0.25, -0.2) is 9.18 Å². The first kappa shape index (κ1) is 21.7. The van der Waals surface area contributed by atoms with Crippen molar-refractivity contribution in [2.24, 2.45) is 0 Å². The molecule has 1 aromatic rings. The van der Waals surface area contributed by atoms with Crippen LogP contribution < -0.4 is 11.4 Å². The second-order valence-corrected chi connectivity index (χ2v) is 8.15. The minimum Gasteiger partial charge on any atom is -0.393 e. The lowest BCUT2D eigenvalue weighted by molar-refractivity contribution is -0.293. The molecule has 2 aliphatic heterocycles. The summed E-state index contributed by atoms with van der Waals surface area (Å²) in [5, 5.41) is 60.8. The predicted octanol–water partition coefficient (Wildman–Crippen LogP) is -3.87.